The van der Waals surface area contributed by atoms with Gasteiger partial charge in [-0.2, -0.15) is 0 Å². The van der Waals surface area contributed by atoms with E-state index in [4.69, 9.17) is 14.2 Å². The van der Waals surface area contributed by atoms with Gasteiger partial charge in [0, 0.05) is 51.8 Å². The molecule has 2 saturated carbocycles. The predicted molar refractivity (Wildman–Crippen MR) is 148 cm³/mol. The molecule has 1 aromatic carbocycles. The van der Waals surface area contributed by atoms with Crippen LogP contribution in [0.1, 0.15) is 63.8 Å². The minimum absolute atomic E-state index is 0.151. The Morgan fingerprint density at radius 1 is 1.12 bits per heavy atom. The quantitative estimate of drug-likeness (QED) is 0.490. The fourth-order valence-corrected chi connectivity index (χ4v) is 9.27. The number of aliphatic hydroxyl groups is 1. The molecular weight excluding hydrogens is 504 g/mol. The minimum atomic E-state index is -1.50. The summed E-state index contributed by atoms with van der Waals surface area (Å²) in [7, 11) is 0. The van der Waals surface area contributed by atoms with Crippen molar-refractivity contribution in [1.82, 2.24) is 9.97 Å². The van der Waals surface area contributed by atoms with Gasteiger partial charge in [0.2, 0.25) is 0 Å². The Morgan fingerprint density at radius 2 is 1.95 bits per heavy atom. The zero-order chi connectivity index (χ0) is 27.7. The number of pyridine rings is 1. The zero-order valence-corrected chi connectivity index (χ0v) is 23.5. The molecule has 8 rings (SSSR count). The summed E-state index contributed by atoms with van der Waals surface area (Å²) >= 11 is 0. The van der Waals surface area contributed by atoms with Crippen molar-refractivity contribution >= 4 is 16.7 Å². The van der Waals surface area contributed by atoms with Gasteiger partial charge in [-0.25, -0.2) is 0 Å². The van der Waals surface area contributed by atoms with Crippen LogP contribution in [0.5, 0.6) is 0 Å². The van der Waals surface area contributed by atoms with Gasteiger partial charge in [-0.15, -0.1) is 0 Å². The first-order valence-electron chi connectivity index (χ1n) is 14.5. The van der Waals surface area contributed by atoms with Crippen molar-refractivity contribution in [3.63, 3.8) is 0 Å². The second-order valence-electron chi connectivity index (χ2n) is 13.5. The molecule has 0 amide bonds. The standard InChI is InChI=1S/C33H36N2O5/c1-29(2)28-24(36)16-25-32(39-28,40-29)12-11-30(3)31(4)20(14-22-21-9-5-6-10-23(21)35-27(22)31)15-26(33(25,30)37)38-18-19-8-7-13-34-17-19/h5-10,13,16-17,20,26,28,35,37H,11-12,14-15,18H2,1-4H3/t20-,26+,28+,30-,31-,32?,33+/m1/s1. The highest BCUT2D eigenvalue weighted by atomic mass is 16.8. The van der Waals surface area contributed by atoms with Crippen molar-refractivity contribution in [3.8, 4) is 0 Å². The molecule has 0 radical (unpaired) electrons. The number of hydrogen-bond donors (Lipinski definition) is 2. The first-order chi connectivity index (χ1) is 19.0. The number of carbonyl (C=O) groups excluding carboxylic acids is 1. The van der Waals surface area contributed by atoms with Crippen molar-refractivity contribution < 1.29 is 24.1 Å². The lowest BCUT2D eigenvalue weighted by atomic mass is 9.41. The summed E-state index contributed by atoms with van der Waals surface area (Å²) in [6.45, 7) is 8.64. The number of fused-ring (bicyclic) bond motifs is 9. The van der Waals surface area contributed by atoms with E-state index in [2.05, 4.69) is 48.1 Å². The average molecular weight is 541 g/mol. The smallest absolute Gasteiger partial charge is 0.195 e. The third kappa shape index (κ3) is 2.79. The van der Waals surface area contributed by atoms with Gasteiger partial charge in [-0.1, -0.05) is 38.1 Å². The second kappa shape index (κ2) is 7.71. The molecule has 1 saturated heterocycles. The number of nitrogens with zero attached hydrogens (tertiary/aromatic N) is 1. The molecule has 208 valence electrons. The third-order valence-corrected chi connectivity index (χ3v) is 11.4. The minimum Gasteiger partial charge on any atom is -0.382 e. The predicted octanol–water partition coefficient (Wildman–Crippen LogP) is 4.91. The van der Waals surface area contributed by atoms with E-state index in [0.29, 0.717) is 31.4 Å². The van der Waals surface area contributed by atoms with Gasteiger partial charge >= 0.3 is 0 Å². The van der Waals surface area contributed by atoms with Crippen molar-refractivity contribution in [3.05, 3.63) is 77.3 Å². The molecule has 1 unspecified atom stereocenters. The van der Waals surface area contributed by atoms with Crippen molar-refractivity contribution in [2.45, 2.75) is 94.6 Å². The molecule has 7 nitrogen and oxygen atoms in total. The summed E-state index contributed by atoms with van der Waals surface area (Å²) in [6, 6.07) is 12.3. The largest absolute Gasteiger partial charge is 0.382 e. The van der Waals surface area contributed by atoms with Crippen LogP contribution < -0.4 is 0 Å². The van der Waals surface area contributed by atoms with E-state index in [-0.39, 0.29) is 17.1 Å². The summed E-state index contributed by atoms with van der Waals surface area (Å²) in [5, 5.41) is 14.6. The van der Waals surface area contributed by atoms with Gasteiger partial charge in [-0.3, -0.25) is 9.78 Å². The molecule has 4 heterocycles. The van der Waals surface area contributed by atoms with Crippen LogP contribution in [0.3, 0.4) is 0 Å². The summed E-state index contributed by atoms with van der Waals surface area (Å²) in [5.74, 6) is -1.04. The lowest BCUT2D eigenvalue weighted by molar-refractivity contribution is -0.282. The molecule has 2 aromatic heterocycles. The Hall–Kier alpha value is -2.84. The Labute approximate surface area is 233 Å². The van der Waals surface area contributed by atoms with Crippen molar-refractivity contribution in [1.29, 1.82) is 0 Å². The topological polar surface area (TPSA) is 93.7 Å². The average Bonchev–Trinajstić information content (AvgIpc) is 3.52. The van der Waals surface area contributed by atoms with Crippen LogP contribution in [0.15, 0.2) is 60.4 Å². The number of benzene rings is 1. The molecule has 40 heavy (non-hydrogen) atoms. The molecule has 3 fully saturated rings. The van der Waals surface area contributed by atoms with Crippen LogP contribution in [0, 0.1) is 11.3 Å². The van der Waals surface area contributed by atoms with Gasteiger partial charge in [0.05, 0.1) is 12.7 Å². The number of nitrogens with one attached hydrogen (secondary N) is 1. The fraction of sp³-hybridized carbons (Fsp3) is 0.515. The maximum absolute atomic E-state index is 13.5. The van der Waals surface area contributed by atoms with E-state index in [1.807, 2.05) is 26.0 Å². The van der Waals surface area contributed by atoms with Crippen LogP contribution in [0.4, 0.5) is 0 Å². The normalized spacial score (nSPS) is 40.8. The number of hydrogen-bond acceptors (Lipinski definition) is 6. The molecule has 2 bridgehead atoms. The van der Waals surface area contributed by atoms with Crippen LogP contribution >= 0.6 is 0 Å². The molecule has 2 N–H and O–H groups in total. The molecule has 5 aliphatic rings. The Morgan fingerprint density at radius 3 is 2.75 bits per heavy atom. The summed E-state index contributed by atoms with van der Waals surface area (Å²) in [5.41, 5.74) is 1.79. The van der Waals surface area contributed by atoms with Gasteiger partial charge in [0.15, 0.2) is 17.7 Å². The number of carbonyl (C=O) groups is 1. The fourth-order valence-electron chi connectivity index (χ4n) is 9.27. The summed E-state index contributed by atoms with van der Waals surface area (Å²) < 4.78 is 19.8. The number of aromatic amines is 1. The summed E-state index contributed by atoms with van der Waals surface area (Å²) in [6.07, 6.45) is 6.73. The molecule has 3 aliphatic carbocycles. The van der Waals surface area contributed by atoms with Gasteiger partial charge in [0.1, 0.15) is 11.2 Å². The van der Waals surface area contributed by atoms with Crippen molar-refractivity contribution in [2.24, 2.45) is 11.3 Å². The Kier molecular flexibility index (Phi) is 4.80. The van der Waals surface area contributed by atoms with Crippen LogP contribution in [0.2, 0.25) is 0 Å². The Balaban J connectivity index is 1.31. The molecule has 3 aromatic rings. The van der Waals surface area contributed by atoms with E-state index in [1.165, 1.54) is 16.6 Å². The van der Waals surface area contributed by atoms with Crippen LogP contribution in [0.25, 0.3) is 10.9 Å². The number of rotatable bonds is 3. The van der Waals surface area contributed by atoms with Crippen LogP contribution in [-0.2, 0) is 37.4 Å². The van der Waals surface area contributed by atoms with E-state index < -0.39 is 34.6 Å². The van der Waals surface area contributed by atoms with Gasteiger partial charge in [-0.05, 0) is 68.4 Å². The maximum Gasteiger partial charge on any atom is 0.195 e. The zero-order valence-electron chi connectivity index (χ0n) is 23.5. The van der Waals surface area contributed by atoms with E-state index in [0.717, 1.165) is 17.5 Å². The number of H-pyrrole nitrogens is 1. The number of para-hydroxylation sites is 1. The Bertz CT molecular complexity index is 1590. The van der Waals surface area contributed by atoms with Crippen LogP contribution in [-0.4, -0.2) is 50.1 Å². The van der Waals surface area contributed by atoms with E-state index in [9.17, 15) is 9.90 Å². The monoisotopic (exact) mass is 540 g/mol. The second-order valence-corrected chi connectivity index (χ2v) is 13.5. The summed E-state index contributed by atoms with van der Waals surface area (Å²) in [4.78, 5) is 21.5. The molecule has 2 aliphatic heterocycles. The first-order valence-corrected chi connectivity index (χ1v) is 14.5. The lowest BCUT2D eigenvalue weighted by Gasteiger charge is -2.67. The number of ketones is 1. The first kappa shape index (κ1) is 24.9. The molecule has 7 heteroatoms. The third-order valence-electron chi connectivity index (χ3n) is 11.4. The highest BCUT2D eigenvalue weighted by Gasteiger charge is 2.78. The van der Waals surface area contributed by atoms with E-state index >= 15 is 0 Å². The lowest BCUT2D eigenvalue weighted by Crippen LogP contribution is -2.74. The molecular formula is C33H36N2O5. The molecule has 7 atom stereocenters. The van der Waals surface area contributed by atoms with Gasteiger partial charge < -0.3 is 24.3 Å². The number of aromatic nitrogens is 2. The molecule has 1 spiro atoms. The van der Waals surface area contributed by atoms with Gasteiger partial charge in [0.25, 0.3) is 0 Å². The highest BCUT2D eigenvalue weighted by Crippen LogP contribution is 2.72. The maximum atomic E-state index is 13.5. The number of ether oxygens (including phenoxy) is 3. The van der Waals surface area contributed by atoms with Crippen molar-refractivity contribution in [2.75, 3.05) is 0 Å². The van der Waals surface area contributed by atoms with E-state index in [1.54, 1.807) is 18.5 Å². The highest BCUT2D eigenvalue weighted by molar-refractivity contribution is 5.97. The SMILES string of the molecule is CC1(C)OC23CC[C@]4(C)[C@@]5(C)c6[nH]c7ccccc7c6C[C@@H]5C[C@H](OCc5cccnc5)[C@@]4(O)C2=CC(=O)[C@@H]1O3.